The van der Waals surface area contributed by atoms with Crippen molar-refractivity contribution in [2.24, 2.45) is 0 Å². The van der Waals surface area contributed by atoms with Gasteiger partial charge in [-0.25, -0.2) is 4.79 Å². The fourth-order valence-corrected chi connectivity index (χ4v) is 2.38. The van der Waals surface area contributed by atoms with E-state index in [1.54, 1.807) is 18.3 Å². The van der Waals surface area contributed by atoms with Crippen LogP contribution in [0.1, 0.15) is 21.5 Å². The third-order valence-corrected chi connectivity index (χ3v) is 3.51. The number of carboxylic acid groups (broad SMARTS) is 1. The number of carboxylic acids is 1. The normalized spacial score (nSPS) is 10.5. The maximum Gasteiger partial charge on any atom is 0.337 e. The molecule has 1 aromatic heterocycles. The quantitative estimate of drug-likeness (QED) is 0.754. The van der Waals surface area contributed by atoms with Gasteiger partial charge in [-0.05, 0) is 24.6 Å². The Kier molecular flexibility index (Phi) is 4.10. The fourth-order valence-electron chi connectivity index (χ4n) is 2.38. The zero-order chi connectivity index (χ0) is 16.2. The monoisotopic (exact) mass is 307 g/mol. The molecule has 5 nitrogen and oxygen atoms in total. The fraction of sp³-hybridized carbons (Fsp3) is 0.111. The molecule has 0 fully saturated rings. The van der Waals surface area contributed by atoms with E-state index in [2.05, 4.69) is 10.4 Å². The number of anilines is 2. The Morgan fingerprint density at radius 1 is 1.22 bits per heavy atom. The maximum absolute atomic E-state index is 11.3. The van der Waals surface area contributed by atoms with Gasteiger partial charge in [0.25, 0.3) is 0 Å². The van der Waals surface area contributed by atoms with Crippen LogP contribution in [-0.2, 0) is 6.54 Å². The summed E-state index contributed by atoms with van der Waals surface area (Å²) in [7, 11) is 0. The first kappa shape index (κ1) is 14.8. The van der Waals surface area contributed by atoms with Gasteiger partial charge >= 0.3 is 5.97 Å². The minimum absolute atomic E-state index is 0.251. The van der Waals surface area contributed by atoms with Gasteiger partial charge in [-0.2, -0.15) is 5.10 Å². The predicted octanol–water partition coefficient (Wildman–Crippen LogP) is 3.68. The zero-order valence-corrected chi connectivity index (χ0v) is 12.7. The Hall–Kier alpha value is -3.08. The van der Waals surface area contributed by atoms with Crippen LogP contribution in [0, 0.1) is 6.92 Å². The molecule has 116 valence electrons. The molecule has 2 aromatic carbocycles. The Labute approximate surface area is 134 Å². The van der Waals surface area contributed by atoms with Crippen LogP contribution >= 0.6 is 0 Å². The highest BCUT2D eigenvalue weighted by molar-refractivity contribution is 5.95. The lowest BCUT2D eigenvalue weighted by molar-refractivity contribution is 0.0698. The first-order chi connectivity index (χ1) is 11.1. The van der Waals surface area contributed by atoms with Gasteiger partial charge in [-0.1, -0.05) is 42.0 Å². The minimum Gasteiger partial charge on any atom is -0.478 e. The van der Waals surface area contributed by atoms with E-state index in [1.165, 1.54) is 0 Å². The molecule has 0 radical (unpaired) electrons. The topological polar surface area (TPSA) is 67.2 Å². The average molecular weight is 307 g/mol. The highest BCUT2D eigenvalue weighted by Crippen LogP contribution is 2.22. The van der Waals surface area contributed by atoms with Gasteiger partial charge < -0.3 is 10.4 Å². The molecule has 0 unspecified atom stereocenters. The van der Waals surface area contributed by atoms with Gasteiger partial charge in [0, 0.05) is 6.20 Å². The summed E-state index contributed by atoms with van der Waals surface area (Å²) >= 11 is 0. The van der Waals surface area contributed by atoms with Crippen LogP contribution in [-0.4, -0.2) is 20.9 Å². The number of rotatable bonds is 5. The van der Waals surface area contributed by atoms with Crippen molar-refractivity contribution in [3.8, 4) is 0 Å². The van der Waals surface area contributed by atoms with Gasteiger partial charge in [-0.15, -0.1) is 0 Å². The lowest BCUT2D eigenvalue weighted by Crippen LogP contribution is -2.03. The van der Waals surface area contributed by atoms with E-state index in [-0.39, 0.29) is 5.56 Å². The van der Waals surface area contributed by atoms with E-state index in [0.29, 0.717) is 12.2 Å². The van der Waals surface area contributed by atoms with Gasteiger partial charge in [0.1, 0.15) is 0 Å². The van der Waals surface area contributed by atoms with Crippen molar-refractivity contribution < 1.29 is 9.90 Å². The number of aromatic carboxylic acids is 1. The van der Waals surface area contributed by atoms with Crippen molar-refractivity contribution in [1.82, 2.24) is 9.78 Å². The molecule has 0 aliphatic heterocycles. The second-order valence-corrected chi connectivity index (χ2v) is 5.39. The molecule has 0 amide bonds. The lowest BCUT2D eigenvalue weighted by atomic mass is 10.1. The Morgan fingerprint density at radius 3 is 2.74 bits per heavy atom. The van der Waals surface area contributed by atoms with Crippen LogP contribution in [0.15, 0.2) is 60.9 Å². The zero-order valence-electron chi connectivity index (χ0n) is 12.7. The SMILES string of the molecule is Cc1ccc(Nc2cnn(Cc3ccccc3)c2)c(C(=O)O)c1. The van der Waals surface area contributed by atoms with Crippen LogP contribution in [0.25, 0.3) is 0 Å². The van der Waals surface area contributed by atoms with Crippen LogP contribution in [0.3, 0.4) is 0 Å². The largest absolute Gasteiger partial charge is 0.478 e. The number of carbonyl (C=O) groups is 1. The van der Waals surface area contributed by atoms with Crippen LogP contribution < -0.4 is 5.32 Å². The molecule has 0 saturated carbocycles. The molecule has 0 aliphatic rings. The molecule has 3 aromatic rings. The summed E-state index contributed by atoms with van der Waals surface area (Å²) in [4.78, 5) is 11.3. The number of nitrogens with zero attached hydrogens (tertiary/aromatic N) is 2. The standard InChI is InChI=1S/C18H17N3O2/c1-13-7-8-17(16(9-13)18(22)23)20-15-10-19-21(12-15)11-14-5-3-2-4-6-14/h2-10,12,20H,11H2,1H3,(H,22,23). The Bertz CT molecular complexity index is 825. The number of hydrogen-bond donors (Lipinski definition) is 2. The number of benzene rings is 2. The summed E-state index contributed by atoms with van der Waals surface area (Å²) in [5.74, 6) is -0.951. The van der Waals surface area contributed by atoms with E-state index in [1.807, 2.05) is 54.2 Å². The highest BCUT2D eigenvalue weighted by atomic mass is 16.4. The van der Waals surface area contributed by atoms with Crippen LogP contribution in [0.4, 0.5) is 11.4 Å². The third-order valence-electron chi connectivity index (χ3n) is 3.51. The molecule has 1 heterocycles. The third kappa shape index (κ3) is 3.58. The average Bonchev–Trinajstić information content (AvgIpc) is 2.97. The van der Waals surface area contributed by atoms with E-state index in [4.69, 9.17) is 0 Å². The van der Waals surface area contributed by atoms with Gasteiger partial charge in [-0.3, -0.25) is 4.68 Å². The van der Waals surface area contributed by atoms with Crippen molar-refractivity contribution in [3.05, 3.63) is 77.6 Å². The van der Waals surface area contributed by atoms with Gasteiger partial charge in [0.15, 0.2) is 0 Å². The van der Waals surface area contributed by atoms with Gasteiger partial charge in [0.05, 0.1) is 29.7 Å². The van der Waals surface area contributed by atoms with Crippen molar-refractivity contribution in [3.63, 3.8) is 0 Å². The first-order valence-electron chi connectivity index (χ1n) is 7.29. The molecule has 23 heavy (non-hydrogen) atoms. The molecule has 0 spiro atoms. The lowest BCUT2D eigenvalue weighted by Gasteiger charge is -2.08. The van der Waals surface area contributed by atoms with Crippen LogP contribution in [0.2, 0.25) is 0 Å². The molecule has 5 heteroatoms. The molecule has 3 rings (SSSR count). The van der Waals surface area contributed by atoms with E-state index in [9.17, 15) is 9.90 Å². The highest BCUT2D eigenvalue weighted by Gasteiger charge is 2.11. The summed E-state index contributed by atoms with van der Waals surface area (Å²) in [5, 5.41) is 16.7. The summed E-state index contributed by atoms with van der Waals surface area (Å²) < 4.78 is 1.81. The summed E-state index contributed by atoms with van der Waals surface area (Å²) in [6.45, 7) is 2.54. The molecular weight excluding hydrogens is 290 g/mol. The second-order valence-electron chi connectivity index (χ2n) is 5.39. The van der Waals surface area contributed by atoms with Crippen molar-refractivity contribution >= 4 is 17.3 Å². The molecule has 2 N–H and O–H groups in total. The molecule has 0 bridgehead atoms. The molecule has 0 aliphatic carbocycles. The predicted molar refractivity (Wildman–Crippen MR) is 89.2 cm³/mol. The summed E-state index contributed by atoms with van der Waals surface area (Å²) in [6.07, 6.45) is 3.55. The van der Waals surface area contributed by atoms with E-state index >= 15 is 0 Å². The molecular formula is C18H17N3O2. The number of hydrogen-bond acceptors (Lipinski definition) is 3. The maximum atomic E-state index is 11.3. The smallest absolute Gasteiger partial charge is 0.337 e. The minimum atomic E-state index is -0.951. The molecule has 0 saturated heterocycles. The van der Waals surface area contributed by atoms with E-state index in [0.717, 1.165) is 16.8 Å². The number of nitrogens with one attached hydrogen (secondary N) is 1. The Morgan fingerprint density at radius 2 is 2.00 bits per heavy atom. The van der Waals surface area contributed by atoms with Gasteiger partial charge in [0.2, 0.25) is 0 Å². The number of aryl methyl sites for hydroxylation is 1. The van der Waals surface area contributed by atoms with Crippen molar-refractivity contribution in [2.75, 3.05) is 5.32 Å². The van der Waals surface area contributed by atoms with Crippen molar-refractivity contribution in [2.45, 2.75) is 13.5 Å². The number of aromatic nitrogens is 2. The Balaban J connectivity index is 1.78. The van der Waals surface area contributed by atoms with Crippen LogP contribution in [0.5, 0.6) is 0 Å². The second kappa shape index (κ2) is 6.36. The summed E-state index contributed by atoms with van der Waals surface area (Å²) in [6, 6.07) is 15.3. The van der Waals surface area contributed by atoms with E-state index < -0.39 is 5.97 Å². The summed E-state index contributed by atoms with van der Waals surface area (Å²) in [5.41, 5.74) is 3.63. The first-order valence-corrected chi connectivity index (χ1v) is 7.29. The van der Waals surface area contributed by atoms with Crippen molar-refractivity contribution in [1.29, 1.82) is 0 Å². The molecule has 0 atom stereocenters.